The maximum absolute atomic E-state index is 12.8. The van der Waals surface area contributed by atoms with E-state index in [1.165, 1.54) is 12.1 Å². The SMILES string of the molecule is CC(C)C1Cc2cc(C(=O)O)c(=O)[nH]c2-c2nc3c(OC(F)F)cccn3c21. The van der Waals surface area contributed by atoms with E-state index >= 15 is 0 Å². The minimum absolute atomic E-state index is 0.0492. The summed E-state index contributed by atoms with van der Waals surface area (Å²) in [6.45, 7) is 1.04. The van der Waals surface area contributed by atoms with Crippen LogP contribution in [0.25, 0.3) is 17.0 Å². The van der Waals surface area contributed by atoms with Crippen LogP contribution in [-0.2, 0) is 6.42 Å². The number of hydrogen-bond donors (Lipinski definition) is 2. The Labute approximate surface area is 157 Å². The van der Waals surface area contributed by atoms with Crippen molar-refractivity contribution in [2.24, 2.45) is 5.92 Å². The van der Waals surface area contributed by atoms with Crippen molar-refractivity contribution in [2.45, 2.75) is 32.8 Å². The fourth-order valence-corrected chi connectivity index (χ4v) is 3.78. The van der Waals surface area contributed by atoms with Crippen molar-refractivity contribution in [3.63, 3.8) is 0 Å². The Balaban J connectivity index is 2.02. The summed E-state index contributed by atoms with van der Waals surface area (Å²) in [7, 11) is 0. The van der Waals surface area contributed by atoms with Crippen molar-refractivity contribution in [1.29, 1.82) is 0 Å². The number of pyridine rings is 2. The van der Waals surface area contributed by atoms with Crippen LogP contribution in [0.1, 0.15) is 41.4 Å². The van der Waals surface area contributed by atoms with Crippen molar-refractivity contribution in [1.82, 2.24) is 14.4 Å². The number of aromatic carboxylic acids is 1. The average Bonchev–Trinajstić information content (AvgIpc) is 3.01. The number of halogens is 2. The number of aromatic nitrogens is 3. The second-order valence-electron chi connectivity index (χ2n) is 7.06. The Kier molecular flexibility index (Phi) is 4.17. The molecule has 1 aliphatic rings. The van der Waals surface area contributed by atoms with Gasteiger partial charge in [-0.3, -0.25) is 9.20 Å². The van der Waals surface area contributed by atoms with E-state index in [4.69, 9.17) is 0 Å². The first-order chi connectivity index (χ1) is 13.3. The molecule has 2 N–H and O–H groups in total. The van der Waals surface area contributed by atoms with Gasteiger partial charge in [0.15, 0.2) is 11.4 Å². The van der Waals surface area contributed by atoms with E-state index in [0.717, 1.165) is 5.69 Å². The molecule has 0 amide bonds. The molecule has 0 radical (unpaired) electrons. The fourth-order valence-electron chi connectivity index (χ4n) is 3.78. The lowest BCUT2D eigenvalue weighted by molar-refractivity contribution is -0.0491. The van der Waals surface area contributed by atoms with Gasteiger partial charge in [-0.2, -0.15) is 8.78 Å². The number of H-pyrrole nitrogens is 1. The van der Waals surface area contributed by atoms with Crippen LogP contribution < -0.4 is 10.3 Å². The smallest absolute Gasteiger partial charge is 0.387 e. The number of hydrogen-bond acceptors (Lipinski definition) is 4. The zero-order valence-electron chi connectivity index (χ0n) is 15.1. The zero-order valence-corrected chi connectivity index (χ0v) is 15.1. The topological polar surface area (TPSA) is 96.7 Å². The molecule has 1 atom stereocenters. The third kappa shape index (κ3) is 2.74. The van der Waals surface area contributed by atoms with E-state index in [9.17, 15) is 23.5 Å². The highest BCUT2D eigenvalue weighted by Gasteiger charge is 2.33. The number of carboxylic acid groups (broad SMARTS) is 1. The Bertz CT molecular complexity index is 1150. The van der Waals surface area contributed by atoms with Crippen molar-refractivity contribution in [2.75, 3.05) is 0 Å². The highest BCUT2D eigenvalue weighted by molar-refractivity contribution is 5.88. The Morgan fingerprint density at radius 3 is 2.82 bits per heavy atom. The molecular formula is C19H17F2N3O4. The van der Waals surface area contributed by atoms with Gasteiger partial charge in [0.25, 0.3) is 5.56 Å². The molecule has 4 rings (SSSR count). The monoisotopic (exact) mass is 389 g/mol. The van der Waals surface area contributed by atoms with Crippen molar-refractivity contribution < 1.29 is 23.4 Å². The molecule has 146 valence electrons. The van der Waals surface area contributed by atoms with E-state index in [1.807, 2.05) is 13.8 Å². The molecule has 9 heteroatoms. The van der Waals surface area contributed by atoms with Gasteiger partial charge in [-0.05, 0) is 36.1 Å². The van der Waals surface area contributed by atoms with Crippen LogP contribution in [0.15, 0.2) is 29.2 Å². The fraction of sp³-hybridized carbons (Fsp3) is 0.316. The molecule has 0 spiro atoms. The van der Waals surface area contributed by atoms with Gasteiger partial charge in [-0.1, -0.05) is 13.8 Å². The van der Waals surface area contributed by atoms with Crippen LogP contribution in [0.3, 0.4) is 0 Å². The first kappa shape index (κ1) is 18.1. The van der Waals surface area contributed by atoms with Gasteiger partial charge in [0.2, 0.25) is 0 Å². The van der Waals surface area contributed by atoms with Crippen LogP contribution in [0.5, 0.6) is 5.75 Å². The number of nitrogens with zero attached hydrogens (tertiary/aromatic N) is 2. The third-order valence-electron chi connectivity index (χ3n) is 5.05. The van der Waals surface area contributed by atoms with E-state index in [-0.39, 0.29) is 28.8 Å². The predicted molar refractivity (Wildman–Crippen MR) is 96.1 cm³/mol. The lowest BCUT2D eigenvalue weighted by Crippen LogP contribution is -2.24. The summed E-state index contributed by atoms with van der Waals surface area (Å²) in [6, 6.07) is 4.37. The number of rotatable bonds is 4. The number of carbonyl (C=O) groups is 1. The van der Waals surface area contributed by atoms with Gasteiger partial charge in [0.05, 0.1) is 11.4 Å². The number of imidazole rings is 1. The summed E-state index contributed by atoms with van der Waals surface area (Å²) in [4.78, 5) is 30.6. The molecule has 28 heavy (non-hydrogen) atoms. The van der Waals surface area contributed by atoms with Gasteiger partial charge in [-0.15, -0.1) is 0 Å². The molecule has 3 heterocycles. The van der Waals surface area contributed by atoms with Crippen molar-refractivity contribution in [3.8, 4) is 17.1 Å². The molecule has 0 fully saturated rings. The average molecular weight is 389 g/mol. The number of fused-ring (bicyclic) bond motifs is 5. The number of carboxylic acids is 1. The van der Waals surface area contributed by atoms with E-state index < -0.39 is 18.1 Å². The molecule has 0 aliphatic heterocycles. The Morgan fingerprint density at radius 1 is 1.43 bits per heavy atom. The molecule has 1 unspecified atom stereocenters. The van der Waals surface area contributed by atoms with Crippen LogP contribution in [0.2, 0.25) is 0 Å². The second-order valence-corrected chi connectivity index (χ2v) is 7.06. The molecule has 0 bridgehead atoms. The summed E-state index contributed by atoms with van der Waals surface area (Å²) in [5.41, 5.74) is 1.43. The summed E-state index contributed by atoms with van der Waals surface area (Å²) in [5, 5.41) is 9.24. The van der Waals surface area contributed by atoms with E-state index in [1.54, 1.807) is 16.7 Å². The number of alkyl halides is 2. The standard InChI is InChI=1S/C19H17F2N3O4/c1-8(2)10-6-9-7-11(18(26)27)17(25)23-13(9)14-15(10)24-5-3-4-12(16(24)22-14)28-19(20)21/h3-5,7-8,10,19H,6H2,1-2H3,(H,23,25)(H,26,27). The first-order valence-electron chi connectivity index (χ1n) is 8.73. The van der Waals surface area contributed by atoms with Gasteiger partial charge < -0.3 is 14.8 Å². The van der Waals surface area contributed by atoms with Crippen LogP contribution in [-0.4, -0.2) is 32.1 Å². The molecule has 0 aromatic carbocycles. The number of nitrogens with one attached hydrogen (secondary N) is 1. The highest BCUT2D eigenvalue weighted by atomic mass is 19.3. The van der Waals surface area contributed by atoms with Crippen LogP contribution in [0.4, 0.5) is 8.78 Å². The normalized spacial score (nSPS) is 15.7. The molecule has 1 aliphatic carbocycles. The minimum atomic E-state index is -2.99. The summed E-state index contributed by atoms with van der Waals surface area (Å²) < 4.78 is 31.9. The van der Waals surface area contributed by atoms with Crippen LogP contribution >= 0.6 is 0 Å². The van der Waals surface area contributed by atoms with Crippen LogP contribution in [0, 0.1) is 5.92 Å². The highest BCUT2D eigenvalue weighted by Crippen LogP contribution is 2.43. The molecule has 0 saturated carbocycles. The first-order valence-corrected chi connectivity index (χ1v) is 8.73. The van der Waals surface area contributed by atoms with E-state index in [0.29, 0.717) is 23.4 Å². The van der Waals surface area contributed by atoms with E-state index in [2.05, 4.69) is 14.7 Å². The lowest BCUT2D eigenvalue weighted by atomic mass is 9.80. The lowest BCUT2D eigenvalue weighted by Gasteiger charge is -2.27. The number of ether oxygens (including phenoxy) is 1. The van der Waals surface area contributed by atoms with Crippen molar-refractivity contribution >= 4 is 11.6 Å². The molecular weight excluding hydrogens is 372 g/mol. The molecule has 3 aromatic rings. The van der Waals surface area contributed by atoms with Gasteiger partial charge in [-0.25, -0.2) is 9.78 Å². The molecule has 0 saturated heterocycles. The maximum Gasteiger partial charge on any atom is 0.387 e. The van der Waals surface area contributed by atoms with Crippen molar-refractivity contribution in [3.05, 3.63) is 51.6 Å². The Morgan fingerprint density at radius 2 is 2.18 bits per heavy atom. The Hall–Kier alpha value is -3.23. The van der Waals surface area contributed by atoms with Gasteiger partial charge in [0, 0.05) is 12.1 Å². The summed E-state index contributed by atoms with van der Waals surface area (Å²) in [5.74, 6) is -1.27. The minimum Gasteiger partial charge on any atom is -0.477 e. The quantitative estimate of drug-likeness (QED) is 0.714. The third-order valence-corrected chi connectivity index (χ3v) is 5.05. The molecule has 3 aromatic heterocycles. The predicted octanol–water partition coefficient (Wildman–Crippen LogP) is 3.28. The molecule has 7 nitrogen and oxygen atoms in total. The van der Waals surface area contributed by atoms with Gasteiger partial charge in [0.1, 0.15) is 11.3 Å². The number of aromatic amines is 1. The zero-order chi connectivity index (χ0) is 20.2. The largest absolute Gasteiger partial charge is 0.477 e. The van der Waals surface area contributed by atoms with Gasteiger partial charge >= 0.3 is 12.6 Å². The summed E-state index contributed by atoms with van der Waals surface area (Å²) in [6.07, 6.45) is 2.20. The maximum atomic E-state index is 12.8. The second kappa shape index (κ2) is 6.43. The summed E-state index contributed by atoms with van der Waals surface area (Å²) >= 11 is 0.